The lowest BCUT2D eigenvalue weighted by molar-refractivity contribution is 0.0486. The minimum absolute atomic E-state index is 0.243. The van der Waals surface area contributed by atoms with Crippen LogP contribution in [-0.2, 0) is 4.74 Å². The van der Waals surface area contributed by atoms with E-state index in [1.807, 2.05) is 6.07 Å². The summed E-state index contributed by atoms with van der Waals surface area (Å²) in [5, 5.41) is 0. The highest BCUT2D eigenvalue weighted by Crippen LogP contribution is 2.29. The van der Waals surface area contributed by atoms with Gasteiger partial charge in [-0.2, -0.15) is 0 Å². The van der Waals surface area contributed by atoms with Gasteiger partial charge in [0.1, 0.15) is 0 Å². The van der Waals surface area contributed by atoms with Gasteiger partial charge in [-0.15, -0.1) is 12.6 Å². The number of benzene rings is 1. The van der Waals surface area contributed by atoms with Gasteiger partial charge in [0.2, 0.25) is 0 Å². The van der Waals surface area contributed by atoms with Crippen molar-refractivity contribution in [1.29, 1.82) is 0 Å². The zero-order chi connectivity index (χ0) is 9.97. The summed E-state index contributed by atoms with van der Waals surface area (Å²) in [6.07, 6.45) is 2.39. The molecule has 74 valence electrons. The molecule has 1 aliphatic rings. The molecule has 14 heavy (non-hydrogen) atoms. The number of ether oxygens (including phenoxy) is 1. The average Bonchev–Trinajstić information content (AvgIpc) is 2.97. The van der Waals surface area contributed by atoms with Gasteiger partial charge < -0.3 is 4.74 Å². The van der Waals surface area contributed by atoms with E-state index in [1.165, 1.54) is 12.8 Å². The maximum absolute atomic E-state index is 11.5. The van der Waals surface area contributed by atoms with Crippen LogP contribution in [0.3, 0.4) is 0 Å². The zero-order valence-electron chi connectivity index (χ0n) is 7.77. The Kier molecular flexibility index (Phi) is 2.77. The molecule has 0 saturated heterocycles. The van der Waals surface area contributed by atoms with Crippen molar-refractivity contribution in [1.82, 2.24) is 0 Å². The molecule has 1 saturated carbocycles. The van der Waals surface area contributed by atoms with Gasteiger partial charge >= 0.3 is 5.97 Å². The van der Waals surface area contributed by atoms with Crippen molar-refractivity contribution >= 4 is 18.6 Å². The summed E-state index contributed by atoms with van der Waals surface area (Å²) < 4.78 is 5.13. The van der Waals surface area contributed by atoms with Gasteiger partial charge in [0.25, 0.3) is 0 Å². The van der Waals surface area contributed by atoms with Gasteiger partial charge in [-0.3, -0.25) is 0 Å². The number of hydrogen-bond donors (Lipinski definition) is 1. The van der Waals surface area contributed by atoms with Crippen molar-refractivity contribution in [2.24, 2.45) is 5.92 Å². The summed E-state index contributed by atoms with van der Waals surface area (Å²) in [6, 6.07) is 7.10. The van der Waals surface area contributed by atoms with Gasteiger partial charge in [-0.25, -0.2) is 4.79 Å². The fourth-order valence-corrected chi connectivity index (χ4v) is 1.42. The summed E-state index contributed by atoms with van der Waals surface area (Å²) in [7, 11) is 0. The number of rotatable bonds is 3. The van der Waals surface area contributed by atoms with E-state index in [0.29, 0.717) is 18.1 Å². The lowest BCUT2D eigenvalue weighted by Gasteiger charge is -2.03. The maximum Gasteiger partial charge on any atom is 0.338 e. The van der Waals surface area contributed by atoms with Gasteiger partial charge in [-0.05, 0) is 37.0 Å². The van der Waals surface area contributed by atoms with E-state index in [9.17, 15) is 4.79 Å². The Balaban J connectivity index is 1.95. The van der Waals surface area contributed by atoms with Crippen LogP contribution in [-0.4, -0.2) is 12.6 Å². The average molecular weight is 208 g/mol. The second kappa shape index (κ2) is 4.05. The van der Waals surface area contributed by atoms with E-state index in [2.05, 4.69) is 12.6 Å². The third-order valence-electron chi connectivity index (χ3n) is 2.23. The summed E-state index contributed by atoms with van der Waals surface area (Å²) in [4.78, 5) is 12.3. The Hall–Kier alpha value is -0.960. The van der Waals surface area contributed by atoms with Crippen LogP contribution in [0.25, 0.3) is 0 Å². The Morgan fingerprint density at radius 2 is 2.29 bits per heavy atom. The molecule has 0 spiro atoms. The van der Waals surface area contributed by atoms with Crippen LogP contribution in [0.2, 0.25) is 0 Å². The smallest absolute Gasteiger partial charge is 0.338 e. The first-order chi connectivity index (χ1) is 6.75. The third-order valence-corrected chi connectivity index (χ3v) is 2.51. The van der Waals surface area contributed by atoms with Crippen LogP contribution in [0.4, 0.5) is 0 Å². The molecule has 3 heteroatoms. The largest absolute Gasteiger partial charge is 0.462 e. The molecule has 0 atom stereocenters. The van der Waals surface area contributed by atoms with Crippen molar-refractivity contribution in [2.75, 3.05) is 6.61 Å². The molecule has 0 amide bonds. The summed E-state index contributed by atoms with van der Waals surface area (Å²) in [5.74, 6) is 0.367. The van der Waals surface area contributed by atoms with Crippen LogP contribution >= 0.6 is 12.6 Å². The molecule has 2 rings (SSSR count). The highest BCUT2D eigenvalue weighted by atomic mass is 32.1. The molecule has 0 N–H and O–H groups in total. The van der Waals surface area contributed by atoms with Crippen molar-refractivity contribution in [2.45, 2.75) is 17.7 Å². The maximum atomic E-state index is 11.5. The molecule has 1 fully saturated rings. The fourth-order valence-electron chi connectivity index (χ4n) is 1.19. The molecule has 0 heterocycles. The summed E-state index contributed by atoms with van der Waals surface area (Å²) in [6.45, 7) is 0.565. The molecule has 0 aliphatic heterocycles. The van der Waals surface area contributed by atoms with E-state index in [4.69, 9.17) is 4.74 Å². The normalized spacial score (nSPS) is 15.2. The Morgan fingerprint density at radius 3 is 2.93 bits per heavy atom. The minimum Gasteiger partial charge on any atom is -0.462 e. The molecule has 0 radical (unpaired) electrons. The first kappa shape index (κ1) is 9.59. The SMILES string of the molecule is O=C(OCC1CC1)c1cccc(S)c1. The molecule has 0 aromatic heterocycles. The van der Waals surface area contributed by atoms with E-state index in [0.717, 1.165) is 4.90 Å². The van der Waals surface area contributed by atoms with E-state index in [-0.39, 0.29) is 5.97 Å². The Labute approximate surface area is 88.7 Å². The van der Waals surface area contributed by atoms with Crippen LogP contribution in [0.15, 0.2) is 29.2 Å². The molecule has 2 nitrogen and oxygen atoms in total. The van der Waals surface area contributed by atoms with E-state index < -0.39 is 0 Å². The van der Waals surface area contributed by atoms with Crippen molar-refractivity contribution < 1.29 is 9.53 Å². The monoisotopic (exact) mass is 208 g/mol. The first-order valence-electron chi connectivity index (χ1n) is 4.72. The molecule has 1 aromatic carbocycles. The molecule has 0 unspecified atom stereocenters. The van der Waals surface area contributed by atoms with Gasteiger partial charge in [0.15, 0.2) is 0 Å². The van der Waals surface area contributed by atoms with Gasteiger partial charge in [0.05, 0.1) is 12.2 Å². The predicted molar refractivity (Wildman–Crippen MR) is 56.7 cm³/mol. The van der Waals surface area contributed by atoms with Gasteiger partial charge in [0, 0.05) is 4.90 Å². The third kappa shape index (κ3) is 2.51. The number of carbonyl (C=O) groups excluding carboxylic acids is 1. The summed E-state index contributed by atoms with van der Waals surface area (Å²) >= 11 is 4.16. The zero-order valence-corrected chi connectivity index (χ0v) is 8.67. The van der Waals surface area contributed by atoms with Crippen LogP contribution in [0.1, 0.15) is 23.2 Å². The Bertz CT molecular complexity index is 345. The minimum atomic E-state index is -0.243. The first-order valence-corrected chi connectivity index (χ1v) is 5.16. The number of hydrogen-bond acceptors (Lipinski definition) is 3. The number of esters is 1. The van der Waals surface area contributed by atoms with Crippen LogP contribution in [0.5, 0.6) is 0 Å². The molecule has 1 aromatic rings. The van der Waals surface area contributed by atoms with E-state index in [1.54, 1.807) is 18.2 Å². The highest BCUT2D eigenvalue weighted by Gasteiger charge is 2.23. The lowest BCUT2D eigenvalue weighted by atomic mass is 10.2. The Morgan fingerprint density at radius 1 is 1.50 bits per heavy atom. The van der Waals surface area contributed by atoms with Crippen molar-refractivity contribution in [3.05, 3.63) is 29.8 Å². The second-order valence-corrected chi connectivity index (χ2v) is 4.11. The molecule has 0 bridgehead atoms. The highest BCUT2D eigenvalue weighted by molar-refractivity contribution is 7.80. The second-order valence-electron chi connectivity index (χ2n) is 3.59. The van der Waals surface area contributed by atoms with Crippen molar-refractivity contribution in [3.8, 4) is 0 Å². The van der Waals surface area contributed by atoms with Crippen LogP contribution < -0.4 is 0 Å². The topological polar surface area (TPSA) is 26.3 Å². The predicted octanol–water partition coefficient (Wildman–Crippen LogP) is 2.54. The van der Waals surface area contributed by atoms with Crippen LogP contribution in [0, 0.1) is 5.92 Å². The molecular weight excluding hydrogens is 196 g/mol. The lowest BCUT2D eigenvalue weighted by Crippen LogP contribution is -2.07. The quantitative estimate of drug-likeness (QED) is 0.610. The molecule has 1 aliphatic carbocycles. The summed E-state index contributed by atoms with van der Waals surface area (Å²) in [5.41, 5.74) is 0.582. The van der Waals surface area contributed by atoms with Crippen molar-refractivity contribution in [3.63, 3.8) is 0 Å². The standard InChI is InChI=1S/C11H12O2S/c12-11(13-7-8-4-5-8)9-2-1-3-10(14)6-9/h1-3,6,8,14H,4-5,7H2. The fraction of sp³-hybridized carbons (Fsp3) is 0.364. The van der Waals surface area contributed by atoms with Gasteiger partial charge in [-0.1, -0.05) is 6.07 Å². The molecular formula is C11H12O2S. The van der Waals surface area contributed by atoms with E-state index >= 15 is 0 Å². The number of carbonyl (C=O) groups is 1. The number of thiol groups is 1.